The minimum absolute atomic E-state index is 0.0809. The van der Waals surface area contributed by atoms with Crippen molar-refractivity contribution in [2.24, 2.45) is 5.92 Å². The predicted molar refractivity (Wildman–Crippen MR) is 77.1 cm³/mol. The highest BCUT2D eigenvalue weighted by Gasteiger charge is 2.36. The quantitative estimate of drug-likeness (QED) is 0.482. The van der Waals surface area contributed by atoms with Crippen molar-refractivity contribution in [2.75, 3.05) is 46.8 Å². The zero-order chi connectivity index (χ0) is 15.6. The summed E-state index contributed by atoms with van der Waals surface area (Å²) in [6, 6.07) is 0. The molecule has 1 saturated carbocycles. The summed E-state index contributed by atoms with van der Waals surface area (Å²) in [6.07, 6.45) is 2.45. The molecule has 0 radical (unpaired) electrons. The summed E-state index contributed by atoms with van der Waals surface area (Å²) in [6.45, 7) is 4.56. The van der Waals surface area contributed by atoms with Crippen LogP contribution < -0.4 is 0 Å². The van der Waals surface area contributed by atoms with Crippen LogP contribution in [0.15, 0.2) is 0 Å². The third-order valence-corrected chi connectivity index (χ3v) is 3.71. The minimum Gasteiger partial charge on any atom is -0.466 e. The zero-order valence-electron chi connectivity index (χ0n) is 13.1. The molecule has 0 aliphatic heterocycles. The molecule has 0 spiro atoms. The number of ether oxygens (including phenoxy) is 4. The van der Waals surface area contributed by atoms with Crippen LogP contribution in [0.2, 0.25) is 0 Å². The molecular formula is C15H28O6. The smallest absolute Gasteiger partial charge is 0.308 e. The van der Waals surface area contributed by atoms with E-state index in [0.29, 0.717) is 58.7 Å². The Balaban J connectivity index is 2.12. The van der Waals surface area contributed by atoms with Gasteiger partial charge in [-0.05, 0) is 32.6 Å². The standard InChI is InChI=1S/C15H28O6/c1-3-21-14(16)13-4-6-15(17,7-5-13)12-20-11-10-19-9-8-18-2/h13,17H,3-12H2,1-2H3. The van der Waals surface area contributed by atoms with Crippen LogP contribution in [0.3, 0.4) is 0 Å². The van der Waals surface area contributed by atoms with Gasteiger partial charge in [-0.1, -0.05) is 0 Å². The normalized spacial score (nSPS) is 25.8. The fourth-order valence-electron chi connectivity index (χ4n) is 2.42. The van der Waals surface area contributed by atoms with E-state index in [1.807, 2.05) is 0 Å². The second-order valence-electron chi connectivity index (χ2n) is 5.41. The number of aliphatic hydroxyl groups is 1. The molecule has 0 heterocycles. The highest BCUT2D eigenvalue weighted by Crippen LogP contribution is 2.33. The summed E-state index contributed by atoms with van der Waals surface area (Å²) in [5.74, 6) is -0.227. The Labute approximate surface area is 126 Å². The van der Waals surface area contributed by atoms with Crippen molar-refractivity contribution < 1.29 is 28.8 Å². The van der Waals surface area contributed by atoms with E-state index in [4.69, 9.17) is 18.9 Å². The first-order valence-corrected chi connectivity index (χ1v) is 7.65. The Bertz CT molecular complexity index is 286. The largest absolute Gasteiger partial charge is 0.466 e. The highest BCUT2D eigenvalue weighted by atomic mass is 16.5. The lowest BCUT2D eigenvalue weighted by Crippen LogP contribution is -2.40. The van der Waals surface area contributed by atoms with Crippen molar-refractivity contribution in [2.45, 2.75) is 38.2 Å². The molecular weight excluding hydrogens is 276 g/mol. The van der Waals surface area contributed by atoms with Gasteiger partial charge in [0.2, 0.25) is 0 Å². The van der Waals surface area contributed by atoms with Gasteiger partial charge in [-0.25, -0.2) is 0 Å². The van der Waals surface area contributed by atoms with Crippen molar-refractivity contribution in [3.63, 3.8) is 0 Å². The van der Waals surface area contributed by atoms with Crippen molar-refractivity contribution in [1.29, 1.82) is 0 Å². The Morgan fingerprint density at radius 1 is 1.14 bits per heavy atom. The predicted octanol–water partition coefficient (Wildman–Crippen LogP) is 1.15. The Morgan fingerprint density at radius 2 is 1.76 bits per heavy atom. The van der Waals surface area contributed by atoms with Crippen LogP contribution in [0.4, 0.5) is 0 Å². The SMILES string of the molecule is CCOC(=O)C1CCC(O)(COCCOCCOC)CC1. The van der Waals surface area contributed by atoms with Gasteiger partial charge in [0.05, 0.1) is 51.2 Å². The zero-order valence-corrected chi connectivity index (χ0v) is 13.1. The average Bonchev–Trinajstić information content (AvgIpc) is 2.47. The molecule has 21 heavy (non-hydrogen) atoms. The van der Waals surface area contributed by atoms with Gasteiger partial charge in [0.25, 0.3) is 0 Å². The third kappa shape index (κ3) is 7.22. The summed E-state index contributed by atoms with van der Waals surface area (Å²) in [5, 5.41) is 10.4. The van der Waals surface area contributed by atoms with E-state index < -0.39 is 5.60 Å². The van der Waals surface area contributed by atoms with Gasteiger partial charge in [-0.2, -0.15) is 0 Å². The lowest BCUT2D eigenvalue weighted by atomic mass is 9.79. The van der Waals surface area contributed by atoms with Gasteiger partial charge in [0.15, 0.2) is 0 Å². The first kappa shape index (κ1) is 18.4. The molecule has 1 aliphatic carbocycles. The molecule has 0 amide bonds. The maximum atomic E-state index is 11.6. The maximum absolute atomic E-state index is 11.6. The van der Waals surface area contributed by atoms with Crippen molar-refractivity contribution in [3.05, 3.63) is 0 Å². The maximum Gasteiger partial charge on any atom is 0.308 e. The Kier molecular flexibility index (Phi) is 8.84. The van der Waals surface area contributed by atoms with E-state index in [1.54, 1.807) is 14.0 Å². The van der Waals surface area contributed by atoms with Gasteiger partial charge < -0.3 is 24.1 Å². The van der Waals surface area contributed by atoms with E-state index in [9.17, 15) is 9.90 Å². The molecule has 1 aliphatic rings. The molecule has 1 N–H and O–H groups in total. The van der Waals surface area contributed by atoms with Crippen LogP contribution in [-0.2, 0) is 23.7 Å². The summed E-state index contributed by atoms with van der Waals surface area (Å²) in [4.78, 5) is 11.6. The molecule has 0 bridgehead atoms. The number of esters is 1. The second kappa shape index (κ2) is 10.1. The molecule has 124 valence electrons. The molecule has 0 aromatic rings. The first-order valence-electron chi connectivity index (χ1n) is 7.65. The fourth-order valence-corrected chi connectivity index (χ4v) is 2.42. The van der Waals surface area contributed by atoms with E-state index in [-0.39, 0.29) is 18.5 Å². The number of rotatable bonds is 10. The van der Waals surface area contributed by atoms with Crippen molar-refractivity contribution >= 4 is 5.97 Å². The monoisotopic (exact) mass is 304 g/mol. The van der Waals surface area contributed by atoms with Crippen LogP contribution in [0.1, 0.15) is 32.6 Å². The van der Waals surface area contributed by atoms with Crippen LogP contribution >= 0.6 is 0 Å². The molecule has 6 heteroatoms. The van der Waals surface area contributed by atoms with E-state index in [1.165, 1.54) is 0 Å². The highest BCUT2D eigenvalue weighted by molar-refractivity contribution is 5.72. The van der Waals surface area contributed by atoms with Gasteiger partial charge in [0.1, 0.15) is 0 Å². The molecule has 0 unspecified atom stereocenters. The van der Waals surface area contributed by atoms with Crippen LogP contribution in [0.25, 0.3) is 0 Å². The summed E-state index contributed by atoms with van der Waals surface area (Å²) in [7, 11) is 1.63. The van der Waals surface area contributed by atoms with Gasteiger partial charge in [-0.3, -0.25) is 4.79 Å². The Morgan fingerprint density at radius 3 is 2.38 bits per heavy atom. The third-order valence-electron chi connectivity index (χ3n) is 3.71. The van der Waals surface area contributed by atoms with Crippen LogP contribution in [-0.4, -0.2) is 63.4 Å². The topological polar surface area (TPSA) is 74.2 Å². The number of methoxy groups -OCH3 is 1. The van der Waals surface area contributed by atoms with E-state index in [2.05, 4.69) is 0 Å². The van der Waals surface area contributed by atoms with Crippen LogP contribution in [0.5, 0.6) is 0 Å². The lowest BCUT2D eigenvalue weighted by molar-refractivity contribution is -0.152. The van der Waals surface area contributed by atoms with Crippen LogP contribution in [0, 0.1) is 5.92 Å². The fraction of sp³-hybridized carbons (Fsp3) is 0.933. The van der Waals surface area contributed by atoms with Gasteiger partial charge >= 0.3 is 5.97 Å². The second-order valence-corrected chi connectivity index (χ2v) is 5.41. The minimum atomic E-state index is -0.824. The molecule has 0 aromatic carbocycles. The molecule has 1 rings (SSSR count). The first-order chi connectivity index (χ1) is 10.1. The van der Waals surface area contributed by atoms with E-state index in [0.717, 1.165) is 0 Å². The summed E-state index contributed by atoms with van der Waals surface area (Å²) in [5.41, 5.74) is -0.824. The number of carbonyl (C=O) groups is 1. The number of hydrogen-bond donors (Lipinski definition) is 1. The van der Waals surface area contributed by atoms with Gasteiger partial charge in [0, 0.05) is 7.11 Å². The van der Waals surface area contributed by atoms with Crippen molar-refractivity contribution in [3.8, 4) is 0 Å². The molecule has 1 fully saturated rings. The summed E-state index contributed by atoms with van der Waals surface area (Å²) >= 11 is 0. The van der Waals surface area contributed by atoms with E-state index >= 15 is 0 Å². The average molecular weight is 304 g/mol. The molecule has 0 atom stereocenters. The Hall–Kier alpha value is -0.690. The number of hydrogen-bond acceptors (Lipinski definition) is 6. The van der Waals surface area contributed by atoms with Crippen molar-refractivity contribution in [1.82, 2.24) is 0 Å². The lowest BCUT2D eigenvalue weighted by Gasteiger charge is -2.34. The molecule has 0 aromatic heterocycles. The summed E-state index contributed by atoms with van der Waals surface area (Å²) < 4.78 is 20.6. The molecule has 6 nitrogen and oxygen atoms in total. The molecule has 0 saturated heterocycles. The number of carbonyl (C=O) groups excluding carboxylic acids is 1. The van der Waals surface area contributed by atoms with Gasteiger partial charge in [-0.15, -0.1) is 0 Å².